The molecule has 6 nitrogen and oxygen atoms in total. The number of ether oxygens (including phenoxy) is 1. The van der Waals surface area contributed by atoms with Crippen LogP contribution in [0.15, 0.2) is 53.1 Å². The normalized spacial score (nSPS) is 19.3. The van der Waals surface area contributed by atoms with Gasteiger partial charge in [-0.3, -0.25) is 9.69 Å². The van der Waals surface area contributed by atoms with Crippen molar-refractivity contribution < 1.29 is 14.1 Å². The van der Waals surface area contributed by atoms with Crippen LogP contribution in [0.5, 0.6) is 5.75 Å². The first-order valence-electron chi connectivity index (χ1n) is 14.1. The highest BCUT2D eigenvalue weighted by molar-refractivity contribution is 5.86. The van der Waals surface area contributed by atoms with Gasteiger partial charge < -0.3 is 14.2 Å². The molecule has 2 aromatic carbocycles. The first-order chi connectivity index (χ1) is 18.0. The van der Waals surface area contributed by atoms with Crippen molar-refractivity contribution in [2.45, 2.75) is 58.8 Å². The summed E-state index contributed by atoms with van der Waals surface area (Å²) in [6.45, 7) is 10.1. The fourth-order valence-corrected chi connectivity index (χ4v) is 6.22. The van der Waals surface area contributed by atoms with Crippen LogP contribution in [0.25, 0.3) is 11.0 Å². The van der Waals surface area contributed by atoms with Gasteiger partial charge in [0, 0.05) is 38.1 Å². The lowest BCUT2D eigenvalue weighted by atomic mass is 9.73. The van der Waals surface area contributed by atoms with Gasteiger partial charge in [-0.15, -0.1) is 0 Å². The highest BCUT2D eigenvalue weighted by atomic mass is 16.5. The number of hydrogen-bond acceptors (Lipinski definition) is 5. The molecule has 0 saturated carbocycles. The number of amides is 1. The molecule has 1 fully saturated rings. The van der Waals surface area contributed by atoms with Gasteiger partial charge in [-0.05, 0) is 67.2 Å². The quantitative estimate of drug-likeness (QED) is 0.454. The maximum absolute atomic E-state index is 13.2. The van der Waals surface area contributed by atoms with E-state index in [1.54, 1.807) is 0 Å². The lowest BCUT2D eigenvalue weighted by Gasteiger charge is -2.45. The van der Waals surface area contributed by atoms with Crippen LogP contribution in [0.1, 0.15) is 57.2 Å². The number of carbonyl (C=O) groups excluding carboxylic acids is 1. The Hall–Kier alpha value is -2.86. The first kappa shape index (κ1) is 25.8. The molecule has 0 bridgehead atoms. The van der Waals surface area contributed by atoms with Crippen molar-refractivity contribution in [1.82, 2.24) is 15.0 Å². The Kier molecular flexibility index (Phi) is 8.14. The van der Waals surface area contributed by atoms with Gasteiger partial charge in [0.15, 0.2) is 5.58 Å². The zero-order valence-electron chi connectivity index (χ0n) is 22.5. The molecule has 3 aromatic rings. The van der Waals surface area contributed by atoms with E-state index < -0.39 is 0 Å². The molecule has 1 spiro atoms. The maximum Gasteiger partial charge on any atom is 0.228 e. The summed E-state index contributed by atoms with van der Waals surface area (Å²) in [4.78, 5) is 17.9. The zero-order chi connectivity index (χ0) is 25.7. The van der Waals surface area contributed by atoms with Crippen LogP contribution < -0.4 is 4.74 Å². The second kappa shape index (κ2) is 11.7. The highest BCUT2D eigenvalue weighted by Crippen LogP contribution is 2.39. The molecule has 0 unspecified atom stereocenters. The molecule has 1 amide bonds. The number of aromatic nitrogens is 1. The Morgan fingerprint density at radius 3 is 2.62 bits per heavy atom. The SMILES string of the molecule is CC(C)CN1CCOc2ccccc2CCCCC2(CCN(C(=O)Cc3noc4ccccc34)CC2)C1. The number of likely N-dealkylation sites (tertiary alicyclic amines) is 1. The molecule has 2 aliphatic rings. The molecule has 2 aliphatic heterocycles. The van der Waals surface area contributed by atoms with Crippen molar-refractivity contribution in [1.29, 1.82) is 0 Å². The molecule has 3 heterocycles. The van der Waals surface area contributed by atoms with E-state index in [9.17, 15) is 4.79 Å². The van der Waals surface area contributed by atoms with E-state index in [2.05, 4.69) is 53.1 Å². The van der Waals surface area contributed by atoms with Gasteiger partial charge >= 0.3 is 0 Å². The summed E-state index contributed by atoms with van der Waals surface area (Å²) in [5, 5.41) is 5.13. The van der Waals surface area contributed by atoms with E-state index in [4.69, 9.17) is 9.26 Å². The Labute approximate surface area is 220 Å². The molecular weight excluding hydrogens is 462 g/mol. The minimum absolute atomic E-state index is 0.158. The summed E-state index contributed by atoms with van der Waals surface area (Å²) in [6, 6.07) is 16.3. The summed E-state index contributed by atoms with van der Waals surface area (Å²) in [5.41, 5.74) is 3.07. The van der Waals surface area contributed by atoms with Gasteiger partial charge in [-0.25, -0.2) is 0 Å². The van der Waals surface area contributed by atoms with Crippen molar-refractivity contribution >= 4 is 16.9 Å². The Bertz CT molecular complexity index is 1180. The fraction of sp³-hybridized carbons (Fsp3) is 0.548. The van der Waals surface area contributed by atoms with E-state index in [1.165, 1.54) is 24.8 Å². The molecule has 0 atom stereocenters. The number of fused-ring (bicyclic) bond motifs is 2. The smallest absolute Gasteiger partial charge is 0.228 e. The average molecular weight is 504 g/mol. The molecular formula is C31H41N3O3. The predicted octanol–water partition coefficient (Wildman–Crippen LogP) is 5.74. The molecule has 37 heavy (non-hydrogen) atoms. The van der Waals surface area contributed by atoms with Gasteiger partial charge in [0.2, 0.25) is 5.91 Å². The topological polar surface area (TPSA) is 58.8 Å². The van der Waals surface area contributed by atoms with Crippen molar-refractivity contribution in [3.8, 4) is 5.75 Å². The molecule has 5 rings (SSSR count). The Morgan fingerprint density at radius 1 is 1.00 bits per heavy atom. The second-order valence-electron chi connectivity index (χ2n) is 11.5. The van der Waals surface area contributed by atoms with Crippen LogP contribution in [-0.4, -0.2) is 60.2 Å². The summed E-state index contributed by atoms with van der Waals surface area (Å²) in [5.74, 6) is 1.82. The summed E-state index contributed by atoms with van der Waals surface area (Å²) < 4.78 is 11.7. The second-order valence-corrected chi connectivity index (χ2v) is 11.5. The first-order valence-corrected chi connectivity index (χ1v) is 14.1. The monoisotopic (exact) mass is 503 g/mol. The molecule has 1 aromatic heterocycles. The zero-order valence-corrected chi connectivity index (χ0v) is 22.5. The van der Waals surface area contributed by atoms with E-state index in [0.29, 0.717) is 12.3 Å². The summed E-state index contributed by atoms with van der Waals surface area (Å²) in [6.07, 6.45) is 7.10. The van der Waals surface area contributed by atoms with Crippen LogP contribution in [0.3, 0.4) is 0 Å². The van der Waals surface area contributed by atoms with Gasteiger partial charge in [-0.1, -0.05) is 55.8 Å². The number of para-hydroxylation sites is 2. The van der Waals surface area contributed by atoms with Crippen LogP contribution in [0, 0.1) is 11.3 Å². The third kappa shape index (κ3) is 6.35. The number of rotatable bonds is 4. The third-order valence-electron chi connectivity index (χ3n) is 8.17. The molecule has 1 saturated heterocycles. The van der Waals surface area contributed by atoms with Gasteiger partial charge in [0.05, 0.1) is 6.42 Å². The molecule has 0 radical (unpaired) electrons. The minimum atomic E-state index is 0.158. The predicted molar refractivity (Wildman–Crippen MR) is 147 cm³/mol. The number of hydrogen-bond donors (Lipinski definition) is 0. The molecule has 6 heteroatoms. The standard InChI is InChI=1S/C31H41N3O3/c1-24(2)22-33-19-20-36-28-12-5-3-9-25(28)10-7-8-14-31(23-33)15-17-34(18-16-31)30(35)21-27-26-11-4-6-13-29(26)37-32-27/h3-6,9,11-13,24H,7-8,10,14-23H2,1-2H3. The molecule has 198 valence electrons. The van der Waals surface area contributed by atoms with Crippen LogP contribution in [0.2, 0.25) is 0 Å². The fourth-order valence-electron chi connectivity index (χ4n) is 6.22. The lowest BCUT2D eigenvalue weighted by Crippen LogP contribution is -2.49. The van der Waals surface area contributed by atoms with E-state index >= 15 is 0 Å². The highest BCUT2D eigenvalue weighted by Gasteiger charge is 2.37. The molecule has 0 aliphatic carbocycles. The van der Waals surface area contributed by atoms with Crippen LogP contribution in [-0.2, 0) is 17.6 Å². The molecule has 0 N–H and O–H groups in total. The van der Waals surface area contributed by atoms with Crippen molar-refractivity contribution in [2.24, 2.45) is 11.3 Å². The van der Waals surface area contributed by atoms with Crippen molar-refractivity contribution in [3.63, 3.8) is 0 Å². The van der Waals surface area contributed by atoms with Gasteiger partial charge in [0.25, 0.3) is 0 Å². The largest absolute Gasteiger partial charge is 0.492 e. The number of benzene rings is 2. The average Bonchev–Trinajstić information content (AvgIpc) is 3.29. The number of nitrogens with zero attached hydrogens (tertiary/aromatic N) is 3. The van der Waals surface area contributed by atoms with Crippen LogP contribution >= 0.6 is 0 Å². The van der Waals surface area contributed by atoms with Crippen molar-refractivity contribution in [3.05, 3.63) is 59.8 Å². The third-order valence-corrected chi connectivity index (χ3v) is 8.17. The minimum Gasteiger partial charge on any atom is -0.492 e. The number of carbonyl (C=O) groups is 1. The summed E-state index contributed by atoms with van der Waals surface area (Å²) in [7, 11) is 0. The van der Waals surface area contributed by atoms with Gasteiger partial charge in [0.1, 0.15) is 18.1 Å². The Morgan fingerprint density at radius 2 is 1.78 bits per heavy atom. The van der Waals surface area contributed by atoms with Gasteiger partial charge in [-0.2, -0.15) is 0 Å². The lowest BCUT2D eigenvalue weighted by molar-refractivity contribution is -0.133. The number of aryl methyl sites for hydroxylation is 1. The van der Waals surface area contributed by atoms with E-state index in [-0.39, 0.29) is 11.3 Å². The van der Waals surface area contributed by atoms with Crippen LogP contribution in [0.4, 0.5) is 0 Å². The maximum atomic E-state index is 13.2. The number of piperidine rings is 1. The van der Waals surface area contributed by atoms with E-state index in [1.807, 2.05) is 24.3 Å². The van der Waals surface area contributed by atoms with E-state index in [0.717, 1.165) is 81.0 Å². The van der Waals surface area contributed by atoms with Crippen molar-refractivity contribution in [2.75, 3.05) is 39.3 Å². The summed E-state index contributed by atoms with van der Waals surface area (Å²) >= 11 is 0. The Balaban J connectivity index is 1.25.